The van der Waals surface area contributed by atoms with Crippen molar-refractivity contribution in [3.63, 3.8) is 0 Å². The fraction of sp³-hybridized carbons (Fsp3) is 0.0556. The molecule has 5 nitrogen and oxygen atoms in total. The molecule has 7 heteroatoms. The molecule has 0 radical (unpaired) electrons. The van der Waals surface area contributed by atoms with Crippen molar-refractivity contribution in [2.75, 3.05) is 0 Å². The van der Waals surface area contributed by atoms with Crippen LogP contribution in [-0.2, 0) is 11.3 Å². The predicted octanol–water partition coefficient (Wildman–Crippen LogP) is 3.13. The van der Waals surface area contributed by atoms with Gasteiger partial charge in [0.05, 0.1) is 17.0 Å². The van der Waals surface area contributed by atoms with Crippen LogP contribution in [0.25, 0.3) is 17.2 Å². The number of thiocarbonyl (C=S) groups is 1. The third-order valence-corrected chi connectivity index (χ3v) is 4.98. The monoisotopic (exact) mass is 368 g/mol. The van der Waals surface area contributed by atoms with Crippen LogP contribution < -0.4 is 11.1 Å². The number of aromatic nitrogens is 1. The van der Waals surface area contributed by atoms with Crippen LogP contribution in [0.4, 0.5) is 0 Å². The van der Waals surface area contributed by atoms with E-state index in [4.69, 9.17) is 16.6 Å². The standard InChI is InChI=1S/C18H12N2O3S2/c21-16-15(25-17(24)19-16)9-12-6-7-14-13(8-12)20(18(22)23-14)10-11-4-2-1-3-5-11/h1-9H,10H2,(H,19,21,24)/b15-9-. The van der Waals surface area contributed by atoms with Gasteiger partial charge in [0.25, 0.3) is 5.91 Å². The normalized spacial score (nSPS) is 15.9. The summed E-state index contributed by atoms with van der Waals surface area (Å²) in [5.41, 5.74) is 3.01. The highest BCUT2D eigenvalue weighted by Crippen LogP contribution is 2.27. The van der Waals surface area contributed by atoms with Crippen molar-refractivity contribution in [3.05, 3.63) is 75.1 Å². The lowest BCUT2D eigenvalue weighted by Crippen LogP contribution is -2.17. The topological polar surface area (TPSA) is 64.2 Å². The summed E-state index contributed by atoms with van der Waals surface area (Å²) in [6.45, 7) is 0.423. The smallest absolute Gasteiger partial charge is 0.408 e. The van der Waals surface area contributed by atoms with Gasteiger partial charge < -0.3 is 9.73 Å². The second-order valence-electron chi connectivity index (χ2n) is 5.52. The molecule has 124 valence electrons. The first-order valence-electron chi connectivity index (χ1n) is 7.52. The molecular weight excluding hydrogens is 356 g/mol. The van der Waals surface area contributed by atoms with Crippen molar-refractivity contribution >= 4 is 51.4 Å². The maximum absolute atomic E-state index is 12.2. The minimum absolute atomic E-state index is 0.205. The fourth-order valence-electron chi connectivity index (χ4n) is 2.66. The second-order valence-corrected chi connectivity index (χ2v) is 7.24. The predicted molar refractivity (Wildman–Crippen MR) is 102 cm³/mol. The first-order valence-corrected chi connectivity index (χ1v) is 8.75. The summed E-state index contributed by atoms with van der Waals surface area (Å²) in [5, 5.41) is 2.59. The van der Waals surface area contributed by atoms with Gasteiger partial charge >= 0.3 is 5.76 Å². The second kappa shape index (κ2) is 6.34. The summed E-state index contributed by atoms with van der Waals surface area (Å²) in [7, 11) is 0. The van der Waals surface area contributed by atoms with Gasteiger partial charge in [0.1, 0.15) is 4.32 Å². The lowest BCUT2D eigenvalue weighted by atomic mass is 10.1. The Morgan fingerprint density at radius 2 is 1.96 bits per heavy atom. The maximum atomic E-state index is 12.2. The number of nitrogens with one attached hydrogen (secondary N) is 1. The molecule has 1 N–H and O–H groups in total. The zero-order valence-electron chi connectivity index (χ0n) is 12.9. The maximum Gasteiger partial charge on any atom is 0.420 e. The summed E-state index contributed by atoms with van der Waals surface area (Å²) in [6, 6.07) is 15.1. The summed E-state index contributed by atoms with van der Waals surface area (Å²) in [5.74, 6) is -0.609. The molecule has 1 saturated heterocycles. The van der Waals surface area contributed by atoms with Gasteiger partial charge in [-0.25, -0.2) is 4.79 Å². The highest BCUT2D eigenvalue weighted by molar-refractivity contribution is 8.26. The van der Waals surface area contributed by atoms with E-state index < -0.39 is 5.76 Å². The summed E-state index contributed by atoms with van der Waals surface area (Å²) >= 11 is 6.22. The van der Waals surface area contributed by atoms with Crippen LogP contribution in [0.3, 0.4) is 0 Å². The van der Waals surface area contributed by atoms with E-state index in [1.807, 2.05) is 36.4 Å². The molecule has 0 atom stereocenters. The summed E-state index contributed by atoms with van der Waals surface area (Å²) < 4.78 is 7.34. The molecule has 2 heterocycles. The SMILES string of the molecule is O=C1NC(=S)S/C1=C\c1ccc2oc(=O)n(Cc3ccccc3)c2c1. The zero-order chi connectivity index (χ0) is 17.4. The fourth-order valence-corrected chi connectivity index (χ4v) is 3.70. The largest absolute Gasteiger partial charge is 0.420 e. The molecule has 3 aromatic rings. The quantitative estimate of drug-likeness (QED) is 0.568. The third-order valence-electron chi connectivity index (χ3n) is 3.81. The van der Waals surface area contributed by atoms with E-state index >= 15 is 0 Å². The number of thioether (sulfide) groups is 1. The number of oxazole rings is 1. The van der Waals surface area contributed by atoms with E-state index in [0.717, 1.165) is 11.1 Å². The number of nitrogens with zero attached hydrogens (tertiary/aromatic N) is 1. The molecule has 1 fully saturated rings. The average molecular weight is 368 g/mol. The summed E-state index contributed by atoms with van der Waals surface area (Å²) in [4.78, 5) is 24.5. The molecule has 1 amide bonds. The van der Waals surface area contributed by atoms with E-state index in [0.29, 0.717) is 26.9 Å². The van der Waals surface area contributed by atoms with Crippen LogP contribution in [0.15, 0.2) is 62.6 Å². The minimum Gasteiger partial charge on any atom is -0.408 e. The van der Waals surface area contributed by atoms with Crippen molar-refractivity contribution in [3.8, 4) is 0 Å². The van der Waals surface area contributed by atoms with Crippen molar-refractivity contribution in [1.29, 1.82) is 0 Å². The van der Waals surface area contributed by atoms with Crippen LogP contribution in [0.2, 0.25) is 0 Å². The molecule has 1 aliphatic rings. The van der Waals surface area contributed by atoms with Gasteiger partial charge in [-0.15, -0.1) is 0 Å². The van der Waals surface area contributed by atoms with E-state index in [1.54, 1.807) is 22.8 Å². The number of benzene rings is 2. The van der Waals surface area contributed by atoms with Crippen LogP contribution >= 0.6 is 24.0 Å². The number of rotatable bonds is 3. The van der Waals surface area contributed by atoms with E-state index in [2.05, 4.69) is 5.32 Å². The molecule has 0 bridgehead atoms. The van der Waals surface area contributed by atoms with E-state index in [1.165, 1.54) is 11.8 Å². The Morgan fingerprint density at radius 1 is 1.16 bits per heavy atom. The molecule has 1 aromatic heterocycles. The Labute approximate surface area is 152 Å². The van der Waals surface area contributed by atoms with Gasteiger partial charge in [0, 0.05) is 0 Å². The van der Waals surface area contributed by atoms with Gasteiger partial charge in [-0.1, -0.05) is 60.4 Å². The number of amides is 1. The Balaban J connectivity index is 1.76. The molecule has 0 saturated carbocycles. The molecular formula is C18H12N2O3S2. The Kier molecular flexibility index (Phi) is 4.03. The Morgan fingerprint density at radius 3 is 2.68 bits per heavy atom. The molecule has 2 aromatic carbocycles. The zero-order valence-corrected chi connectivity index (χ0v) is 14.5. The van der Waals surface area contributed by atoms with Crippen molar-refractivity contribution < 1.29 is 9.21 Å². The van der Waals surface area contributed by atoms with Crippen LogP contribution in [-0.4, -0.2) is 14.8 Å². The number of hydrogen-bond acceptors (Lipinski definition) is 5. The molecule has 0 aliphatic carbocycles. The van der Waals surface area contributed by atoms with Gasteiger partial charge in [0.15, 0.2) is 5.58 Å². The highest BCUT2D eigenvalue weighted by atomic mass is 32.2. The minimum atomic E-state index is -0.405. The number of fused-ring (bicyclic) bond motifs is 1. The van der Waals surface area contributed by atoms with Gasteiger partial charge in [-0.3, -0.25) is 9.36 Å². The molecule has 0 spiro atoms. The van der Waals surface area contributed by atoms with Crippen molar-refractivity contribution in [1.82, 2.24) is 9.88 Å². The van der Waals surface area contributed by atoms with Crippen LogP contribution in [0, 0.1) is 0 Å². The van der Waals surface area contributed by atoms with Gasteiger partial charge in [-0.2, -0.15) is 0 Å². The van der Waals surface area contributed by atoms with Gasteiger partial charge in [-0.05, 0) is 29.3 Å². The van der Waals surface area contributed by atoms with E-state index in [-0.39, 0.29) is 5.91 Å². The number of carbonyl (C=O) groups excluding carboxylic acids is 1. The highest BCUT2D eigenvalue weighted by Gasteiger charge is 2.22. The van der Waals surface area contributed by atoms with E-state index in [9.17, 15) is 9.59 Å². The summed E-state index contributed by atoms with van der Waals surface area (Å²) in [6.07, 6.45) is 1.75. The molecule has 25 heavy (non-hydrogen) atoms. The molecule has 4 rings (SSSR count). The number of hydrogen-bond donors (Lipinski definition) is 1. The third kappa shape index (κ3) is 3.16. The molecule has 1 aliphatic heterocycles. The Hall–Kier alpha value is -2.64. The van der Waals surface area contributed by atoms with Crippen LogP contribution in [0.1, 0.15) is 11.1 Å². The lowest BCUT2D eigenvalue weighted by molar-refractivity contribution is -0.115. The lowest BCUT2D eigenvalue weighted by Gasteiger charge is -2.03. The van der Waals surface area contributed by atoms with Gasteiger partial charge in [0.2, 0.25) is 0 Å². The first kappa shape index (κ1) is 15.9. The van der Waals surface area contributed by atoms with Crippen LogP contribution in [0.5, 0.6) is 0 Å². The van der Waals surface area contributed by atoms with Crippen molar-refractivity contribution in [2.45, 2.75) is 6.54 Å². The van der Waals surface area contributed by atoms with Crippen molar-refractivity contribution in [2.24, 2.45) is 0 Å². The number of carbonyl (C=O) groups is 1. The molecule has 0 unspecified atom stereocenters. The first-order chi connectivity index (χ1) is 12.1. The Bertz CT molecular complexity index is 1080. The average Bonchev–Trinajstić information content (AvgIpc) is 3.07.